The van der Waals surface area contributed by atoms with Crippen molar-refractivity contribution in [2.45, 2.75) is 51.7 Å². The fourth-order valence-electron chi connectivity index (χ4n) is 7.26. The second-order valence-corrected chi connectivity index (χ2v) is 14.4. The van der Waals surface area contributed by atoms with Gasteiger partial charge in [0.2, 0.25) is 17.7 Å². The number of aromatic nitrogens is 3. The van der Waals surface area contributed by atoms with Gasteiger partial charge < -0.3 is 30.2 Å². The molecule has 1 unspecified atom stereocenters. The number of aliphatic hydroxyl groups excluding tert-OH is 1. The van der Waals surface area contributed by atoms with E-state index in [1.54, 1.807) is 43.7 Å². The fourth-order valence-corrected chi connectivity index (χ4v) is 7.26. The van der Waals surface area contributed by atoms with Gasteiger partial charge in [0, 0.05) is 75.2 Å². The Bertz CT molecular complexity index is 2580. The van der Waals surface area contributed by atoms with Crippen molar-refractivity contribution < 1.29 is 47.8 Å². The van der Waals surface area contributed by atoms with Crippen molar-refractivity contribution in [3.05, 3.63) is 101 Å². The van der Waals surface area contributed by atoms with E-state index in [1.165, 1.54) is 46.5 Å². The van der Waals surface area contributed by atoms with Crippen molar-refractivity contribution in [3.63, 3.8) is 0 Å². The van der Waals surface area contributed by atoms with Crippen molar-refractivity contribution in [2.75, 3.05) is 30.3 Å². The second kappa shape index (κ2) is 17.3. The number of rotatable bonds is 16. The number of aryl methyl sites for hydroxylation is 1. The molecule has 1 fully saturated rings. The summed E-state index contributed by atoms with van der Waals surface area (Å²) < 4.78 is 24.7. The summed E-state index contributed by atoms with van der Waals surface area (Å²) in [6, 6.07) is 11.2. The Morgan fingerprint density at radius 3 is 2.55 bits per heavy atom. The van der Waals surface area contributed by atoms with Crippen LogP contribution in [0.2, 0.25) is 0 Å². The molecule has 0 bridgehead atoms. The highest BCUT2D eigenvalue weighted by Crippen LogP contribution is 2.33. The van der Waals surface area contributed by atoms with Crippen LogP contribution in [0, 0.1) is 5.82 Å². The molecule has 6 amide bonds. The fraction of sp³-hybridized carbons (Fsp3) is 0.286. The number of carbonyl (C=O) groups is 7. The number of ketones is 1. The highest BCUT2D eigenvalue weighted by Gasteiger charge is 2.45. The number of halogens is 1. The summed E-state index contributed by atoms with van der Waals surface area (Å²) >= 11 is 0. The predicted molar refractivity (Wildman–Crippen MR) is 214 cm³/mol. The Hall–Kier alpha value is -7.21. The summed E-state index contributed by atoms with van der Waals surface area (Å²) in [5.41, 5.74) is 2.18. The maximum absolute atomic E-state index is 15.7. The Kier molecular flexibility index (Phi) is 11.8. The Morgan fingerprint density at radius 1 is 1.00 bits per heavy atom. The zero-order valence-corrected chi connectivity index (χ0v) is 32.7. The molecule has 5 heterocycles. The van der Waals surface area contributed by atoms with Crippen LogP contribution in [-0.2, 0) is 28.0 Å². The predicted octanol–water partition coefficient (Wildman–Crippen LogP) is 3.60. The van der Waals surface area contributed by atoms with Crippen LogP contribution in [0.1, 0.15) is 86.2 Å². The lowest BCUT2D eigenvalue weighted by atomic mass is 10.0. The number of fused-ring (bicyclic) bond motifs is 2. The summed E-state index contributed by atoms with van der Waals surface area (Å²) in [7, 11) is 1.68. The van der Waals surface area contributed by atoms with Gasteiger partial charge in [0.1, 0.15) is 11.8 Å². The van der Waals surface area contributed by atoms with Gasteiger partial charge in [0.05, 0.1) is 53.0 Å². The molecule has 0 spiro atoms. The first-order valence-electron chi connectivity index (χ1n) is 19.2. The number of nitrogens with one attached hydrogen (secondary N) is 4. The lowest BCUT2D eigenvalue weighted by Crippen LogP contribution is -2.54. The third-order valence-electron chi connectivity index (χ3n) is 10.2. The number of carbonyl (C=O) groups excluding carboxylic acids is 7. The third-order valence-corrected chi connectivity index (χ3v) is 10.2. The summed E-state index contributed by atoms with van der Waals surface area (Å²) in [5.74, 6) is -3.90. The lowest BCUT2D eigenvalue weighted by molar-refractivity contribution is -0.136. The van der Waals surface area contributed by atoms with Gasteiger partial charge in [-0.2, -0.15) is 5.10 Å². The first-order valence-corrected chi connectivity index (χ1v) is 19.2. The molecule has 0 aliphatic carbocycles. The van der Waals surface area contributed by atoms with E-state index < -0.39 is 48.0 Å². The molecule has 1 atom stereocenters. The van der Waals surface area contributed by atoms with Crippen LogP contribution < -0.4 is 26.0 Å². The van der Waals surface area contributed by atoms with Crippen LogP contribution in [0.5, 0.6) is 5.75 Å². The number of imide groups is 2. The molecule has 0 radical (unpaired) electrons. The number of piperidine rings is 1. The van der Waals surface area contributed by atoms with Gasteiger partial charge in [0.25, 0.3) is 17.7 Å². The van der Waals surface area contributed by atoms with E-state index in [9.17, 15) is 38.7 Å². The molecule has 5 aromatic rings. The summed E-state index contributed by atoms with van der Waals surface area (Å²) in [5, 5.41) is 24.7. The number of ether oxygens (including phenoxy) is 1. The maximum atomic E-state index is 15.7. The normalized spacial score (nSPS) is 14.9. The van der Waals surface area contributed by atoms with Crippen molar-refractivity contribution in [2.24, 2.45) is 7.05 Å². The van der Waals surface area contributed by atoms with E-state index in [0.29, 0.717) is 54.0 Å². The molecule has 2 aliphatic heterocycles. The Labute approximate surface area is 341 Å². The first-order chi connectivity index (χ1) is 28.8. The van der Waals surface area contributed by atoms with Crippen LogP contribution in [-0.4, -0.2) is 91.2 Å². The van der Waals surface area contributed by atoms with Gasteiger partial charge in [-0.15, -0.1) is 0 Å². The number of amides is 6. The van der Waals surface area contributed by atoms with E-state index in [4.69, 9.17) is 4.74 Å². The molecule has 17 nitrogen and oxygen atoms in total. The number of hydrogen-bond donors (Lipinski definition) is 5. The van der Waals surface area contributed by atoms with E-state index in [2.05, 4.69) is 26.4 Å². The monoisotopic (exact) mass is 820 g/mol. The van der Waals surface area contributed by atoms with Crippen LogP contribution in [0.25, 0.3) is 16.6 Å². The topological polar surface area (TPSA) is 223 Å². The Morgan fingerprint density at radius 2 is 1.82 bits per heavy atom. The highest BCUT2D eigenvalue weighted by molar-refractivity contribution is 6.25. The molecular weight excluding hydrogens is 780 g/mol. The van der Waals surface area contributed by atoms with Crippen LogP contribution in [0.15, 0.2) is 67.1 Å². The van der Waals surface area contributed by atoms with E-state index in [1.807, 2.05) is 0 Å². The quantitative estimate of drug-likeness (QED) is 0.0550. The number of aliphatic hydroxyl groups is 1. The molecule has 2 aliphatic rings. The van der Waals surface area contributed by atoms with Gasteiger partial charge in [-0.3, -0.25) is 48.5 Å². The number of anilines is 2. The van der Waals surface area contributed by atoms with E-state index in [0.717, 1.165) is 4.90 Å². The van der Waals surface area contributed by atoms with Crippen molar-refractivity contribution >= 4 is 58.1 Å². The van der Waals surface area contributed by atoms with Crippen molar-refractivity contribution in [3.8, 4) is 16.9 Å². The maximum Gasteiger partial charge on any atom is 0.264 e. The number of Topliss-reactive ketones (excluding diaryl/α,β-unsaturated/α-hetero) is 1. The average Bonchev–Trinajstić information content (AvgIpc) is 3.91. The summed E-state index contributed by atoms with van der Waals surface area (Å²) in [6.07, 6.45) is 5.74. The van der Waals surface area contributed by atoms with Gasteiger partial charge in [-0.25, -0.2) is 4.39 Å². The standard InChI is InChI=1S/C42H41FN8O9/c1-23(53)33-19-29(39(56)47-31-17-24(22-52)16-28(38(31)43)25-20-46-49(2)21-25)34-18-26(11-14-50(33)34)60-15-4-8-35(54)45-13-5-12-44-30-7-3-6-27-37(30)42(59)51(41(27)58)32-9-10-36(55)48-40(32)57/h3,6-7,11,14,16-21,32,44,52H,4-5,8-10,12-13,15,22H2,1-2H3,(H,45,54)(H,47,56)(H,48,55,57). The molecule has 310 valence electrons. The van der Waals surface area contributed by atoms with E-state index in [-0.39, 0.29) is 71.2 Å². The SMILES string of the molecule is CC(=O)c1cc(C(=O)Nc2cc(CO)cc(-c3cnn(C)c3)c2F)c2cc(OCCCC(=O)NCCCNc3cccc4c3C(=O)N(C3CCC(=O)NC3=O)C4=O)ccn12. The minimum absolute atomic E-state index is 0.0235. The highest BCUT2D eigenvalue weighted by atomic mass is 19.1. The largest absolute Gasteiger partial charge is 0.493 e. The van der Waals surface area contributed by atoms with Gasteiger partial charge in [-0.1, -0.05) is 6.07 Å². The molecule has 60 heavy (non-hydrogen) atoms. The number of benzene rings is 2. The van der Waals surface area contributed by atoms with Crippen LogP contribution >= 0.6 is 0 Å². The van der Waals surface area contributed by atoms with Crippen LogP contribution in [0.3, 0.4) is 0 Å². The number of nitrogens with zero attached hydrogens (tertiary/aromatic N) is 4. The smallest absolute Gasteiger partial charge is 0.264 e. The number of hydrogen-bond acceptors (Lipinski definition) is 11. The van der Waals surface area contributed by atoms with Crippen LogP contribution in [0.4, 0.5) is 15.8 Å². The lowest BCUT2D eigenvalue weighted by Gasteiger charge is -2.27. The first kappa shape index (κ1) is 41.0. The Balaban J connectivity index is 0.904. The minimum atomic E-state index is -1.07. The molecule has 5 N–H and O–H groups in total. The summed E-state index contributed by atoms with van der Waals surface area (Å²) in [4.78, 5) is 90.0. The van der Waals surface area contributed by atoms with Gasteiger partial charge in [-0.05, 0) is 61.2 Å². The second-order valence-electron chi connectivity index (χ2n) is 14.4. The molecular formula is C42H41FN8O9. The zero-order chi connectivity index (χ0) is 42.7. The third kappa shape index (κ3) is 8.35. The average molecular weight is 821 g/mol. The molecule has 7 rings (SSSR count). The molecule has 1 saturated heterocycles. The molecule has 18 heteroatoms. The van der Waals surface area contributed by atoms with Gasteiger partial charge >= 0.3 is 0 Å². The molecule has 0 saturated carbocycles. The number of pyridine rings is 1. The van der Waals surface area contributed by atoms with Crippen molar-refractivity contribution in [1.29, 1.82) is 0 Å². The van der Waals surface area contributed by atoms with E-state index >= 15 is 4.39 Å². The minimum Gasteiger partial charge on any atom is -0.493 e. The van der Waals surface area contributed by atoms with Crippen molar-refractivity contribution in [1.82, 2.24) is 29.7 Å². The van der Waals surface area contributed by atoms with Gasteiger partial charge in [0.15, 0.2) is 11.6 Å². The molecule has 2 aromatic carbocycles. The summed E-state index contributed by atoms with van der Waals surface area (Å²) in [6.45, 7) is 1.81. The molecule has 3 aromatic heterocycles. The zero-order valence-electron chi connectivity index (χ0n) is 32.7.